The van der Waals surface area contributed by atoms with Crippen LogP contribution in [-0.2, 0) is 19.2 Å². The predicted octanol–water partition coefficient (Wildman–Crippen LogP) is 1.19. The van der Waals surface area contributed by atoms with Crippen molar-refractivity contribution in [1.82, 2.24) is 15.2 Å². The summed E-state index contributed by atoms with van der Waals surface area (Å²) in [5, 5.41) is 15.3. The highest BCUT2D eigenvalue weighted by Gasteiger charge is 2.54. The number of aliphatic carboxylic acids is 1. The highest BCUT2D eigenvalue weighted by atomic mass is 35.5. The molecule has 31 heavy (non-hydrogen) atoms. The molecule has 0 aromatic carbocycles. The predicted molar refractivity (Wildman–Crippen MR) is 108 cm³/mol. The van der Waals surface area contributed by atoms with E-state index in [4.69, 9.17) is 5.73 Å². The lowest BCUT2D eigenvalue weighted by molar-refractivity contribution is -0.174. The van der Waals surface area contributed by atoms with Crippen LogP contribution in [0.4, 0.5) is 18.3 Å². The van der Waals surface area contributed by atoms with E-state index >= 15 is 0 Å². The van der Waals surface area contributed by atoms with Gasteiger partial charge in [0, 0.05) is 10.6 Å². The van der Waals surface area contributed by atoms with Gasteiger partial charge in [0.15, 0.2) is 10.8 Å². The number of halogens is 4. The number of hydrogen-bond donors (Lipinski definition) is 3. The Morgan fingerprint density at radius 3 is 2.68 bits per heavy atom. The molecule has 0 bridgehead atoms. The van der Waals surface area contributed by atoms with Crippen molar-refractivity contribution in [2.75, 3.05) is 12.3 Å². The molecular weight excluding hydrogens is 487 g/mol. The number of carboxylic acids is 1. The number of hydrogen-bond acceptors (Lipinski definition) is 9. The molecule has 0 saturated carbocycles. The number of aromatic nitrogens is 1. The first-order valence-electron chi connectivity index (χ1n) is 8.20. The summed E-state index contributed by atoms with van der Waals surface area (Å²) in [6.45, 7) is -0.00909. The number of nitrogen functional groups attached to an aromatic ring is 1. The number of β-lactam (4-membered cyclic amide) rings is 1. The number of carbonyl (C=O) groups excluding carboxylic acids is 2. The van der Waals surface area contributed by atoms with Gasteiger partial charge in [0.1, 0.15) is 22.8 Å². The Balaban J connectivity index is 0.00000341. The number of nitrogens with two attached hydrogens (primary N) is 1. The van der Waals surface area contributed by atoms with E-state index in [1.54, 1.807) is 6.92 Å². The second-order valence-electron chi connectivity index (χ2n) is 6.15. The van der Waals surface area contributed by atoms with Crippen LogP contribution in [0.15, 0.2) is 22.3 Å². The van der Waals surface area contributed by atoms with Gasteiger partial charge in [-0.3, -0.25) is 14.5 Å². The summed E-state index contributed by atoms with van der Waals surface area (Å²) in [7, 11) is 0. The summed E-state index contributed by atoms with van der Waals surface area (Å²) in [5.41, 5.74) is 4.57. The van der Waals surface area contributed by atoms with Crippen LogP contribution in [0, 0.1) is 0 Å². The van der Waals surface area contributed by atoms with Gasteiger partial charge in [-0.05, 0) is 13.0 Å². The molecule has 4 N–H and O–H groups in total. The van der Waals surface area contributed by atoms with Crippen molar-refractivity contribution in [3.63, 3.8) is 0 Å². The van der Waals surface area contributed by atoms with Crippen molar-refractivity contribution < 1.29 is 37.5 Å². The molecule has 2 aliphatic heterocycles. The number of fused-ring (bicyclic) bond motifs is 1. The van der Waals surface area contributed by atoms with Crippen LogP contribution in [-0.4, -0.2) is 67.9 Å². The van der Waals surface area contributed by atoms with Gasteiger partial charge in [-0.15, -0.1) is 35.5 Å². The highest BCUT2D eigenvalue weighted by molar-refractivity contribution is 8.00. The van der Waals surface area contributed by atoms with Crippen LogP contribution >= 0.6 is 35.5 Å². The van der Waals surface area contributed by atoms with E-state index in [0.29, 0.717) is 0 Å². The largest absolute Gasteiger partial charge is 0.477 e. The number of rotatable bonds is 6. The van der Waals surface area contributed by atoms with E-state index in [1.807, 2.05) is 0 Å². The fraction of sp³-hybridized carbons (Fsp3) is 0.400. The maximum Gasteiger partial charge on any atom is 0.425 e. The van der Waals surface area contributed by atoms with Crippen molar-refractivity contribution in [3.8, 4) is 0 Å². The zero-order valence-corrected chi connectivity index (χ0v) is 17.9. The van der Waals surface area contributed by atoms with Crippen LogP contribution in [0.3, 0.4) is 0 Å². The number of carboxylic acid groups (broad SMARTS) is 1. The number of nitrogens with zero attached hydrogens (tertiary/aromatic N) is 3. The number of alkyl halides is 3. The van der Waals surface area contributed by atoms with E-state index in [9.17, 15) is 32.7 Å². The Morgan fingerprint density at radius 1 is 1.45 bits per heavy atom. The van der Waals surface area contributed by atoms with Gasteiger partial charge < -0.3 is 21.0 Å². The van der Waals surface area contributed by atoms with Crippen molar-refractivity contribution in [2.24, 2.45) is 5.16 Å². The normalized spacial score (nSPS) is 23.2. The fourth-order valence-corrected chi connectivity index (χ4v) is 4.58. The molecule has 0 radical (unpaired) electrons. The molecule has 16 heteroatoms. The lowest BCUT2D eigenvalue weighted by Crippen LogP contribution is -2.71. The molecular formula is C15H15ClF3N5O5S2. The quantitative estimate of drug-likeness (QED) is 0.299. The minimum Gasteiger partial charge on any atom is -0.477 e. The van der Waals surface area contributed by atoms with E-state index < -0.39 is 47.7 Å². The van der Waals surface area contributed by atoms with Crippen molar-refractivity contribution >= 4 is 64.1 Å². The van der Waals surface area contributed by atoms with E-state index in [0.717, 1.165) is 16.2 Å². The number of nitrogens with one attached hydrogen (secondary N) is 1. The van der Waals surface area contributed by atoms with Crippen LogP contribution in [0.25, 0.3) is 0 Å². The Hall–Kier alpha value is -2.52. The number of thioether (sulfide) groups is 1. The van der Waals surface area contributed by atoms with Crippen molar-refractivity contribution in [2.45, 2.75) is 29.8 Å². The Morgan fingerprint density at radius 2 is 2.13 bits per heavy atom. The summed E-state index contributed by atoms with van der Waals surface area (Å²) in [6.07, 6.45) is -3.26. The summed E-state index contributed by atoms with van der Waals surface area (Å²) in [4.78, 5) is 45.4. The average Bonchev–Trinajstić information content (AvgIpc) is 3.07. The zero-order valence-electron chi connectivity index (χ0n) is 15.5. The van der Waals surface area contributed by atoms with E-state index in [2.05, 4.69) is 20.3 Å². The molecule has 170 valence electrons. The molecule has 2 unspecified atom stereocenters. The van der Waals surface area contributed by atoms with Crippen molar-refractivity contribution in [3.05, 3.63) is 22.8 Å². The summed E-state index contributed by atoms with van der Waals surface area (Å²) >= 11 is 2.17. The Labute approximate surface area is 187 Å². The number of thiazole rings is 1. The van der Waals surface area contributed by atoms with Gasteiger partial charge in [0.25, 0.3) is 11.8 Å². The first-order chi connectivity index (χ1) is 14.0. The molecule has 2 amide bonds. The van der Waals surface area contributed by atoms with Crippen LogP contribution in [0.2, 0.25) is 0 Å². The van der Waals surface area contributed by atoms with Gasteiger partial charge in [-0.2, -0.15) is 13.2 Å². The summed E-state index contributed by atoms with van der Waals surface area (Å²) in [5.74, 6) is -2.97. The maximum absolute atomic E-state index is 12.6. The lowest BCUT2D eigenvalue weighted by Gasteiger charge is -2.49. The Bertz CT molecular complexity index is 954. The van der Waals surface area contributed by atoms with Crippen molar-refractivity contribution in [1.29, 1.82) is 0 Å². The molecule has 1 saturated heterocycles. The van der Waals surface area contributed by atoms with Gasteiger partial charge >= 0.3 is 12.1 Å². The number of carbonyl (C=O) groups is 3. The van der Waals surface area contributed by atoms with E-state index in [-0.39, 0.29) is 34.2 Å². The summed E-state index contributed by atoms with van der Waals surface area (Å²) in [6, 6.07) is -1.10. The second kappa shape index (κ2) is 9.32. The molecule has 3 heterocycles. The molecule has 0 spiro atoms. The lowest BCUT2D eigenvalue weighted by atomic mass is 10.0. The molecule has 2 aliphatic rings. The topological polar surface area (TPSA) is 147 Å². The first-order valence-corrected chi connectivity index (χ1v) is 10.0. The molecule has 3 atom stereocenters. The van der Waals surface area contributed by atoms with Gasteiger partial charge in [-0.25, -0.2) is 9.78 Å². The van der Waals surface area contributed by atoms with Crippen LogP contribution in [0.1, 0.15) is 12.6 Å². The molecule has 3 rings (SSSR count). The SMILES string of the molecule is CC1C=C(C(=O)O)N2C(=O)C(NC(=O)/C(=N/OCC(F)(F)F)c3csc(N)n3)[C@H]2S1.Cl. The molecule has 0 aliphatic carbocycles. The molecule has 1 aromatic rings. The second-order valence-corrected chi connectivity index (χ2v) is 8.54. The third kappa shape index (κ3) is 5.40. The van der Waals surface area contributed by atoms with Gasteiger partial charge in [0.05, 0.1) is 0 Å². The minimum absolute atomic E-state index is 0. The van der Waals surface area contributed by atoms with E-state index in [1.165, 1.54) is 23.2 Å². The highest BCUT2D eigenvalue weighted by Crippen LogP contribution is 2.40. The summed E-state index contributed by atoms with van der Waals surface area (Å²) < 4.78 is 37.0. The minimum atomic E-state index is -4.68. The number of amides is 2. The molecule has 1 aromatic heterocycles. The van der Waals surface area contributed by atoms with Gasteiger partial charge in [-0.1, -0.05) is 5.16 Å². The number of anilines is 1. The standard InChI is InChI=1S/C15H14F3N5O5S2.ClH/c1-5-2-7(13(26)27)23-11(25)9(12(23)30-5)21-10(24)8(6-3-29-14(19)20-6)22-28-4-15(16,17)18;/h2-3,5,9,12H,4H2,1H3,(H2,19,20)(H,21,24)(H,26,27);1H/b22-8+;/t5?,9?,12-;/m1./s1. The first kappa shape index (κ1) is 24.7. The molecule has 10 nitrogen and oxygen atoms in total. The third-order valence-electron chi connectivity index (χ3n) is 3.92. The maximum atomic E-state index is 12.6. The van der Waals surface area contributed by atoms with Gasteiger partial charge in [0.2, 0.25) is 6.61 Å². The molecule has 1 fully saturated rings. The zero-order chi connectivity index (χ0) is 22.2. The Kier molecular flexibility index (Phi) is 7.44. The van der Waals surface area contributed by atoms with Crippen LogP contribution < -0.4 is 11.1 Å². The average molecular weight is 502 g/mol. The smallest absolute Gasteiger partial charge is 0.425 e. The monoisotopic (exact) mass is 501 g/mol. The fourth-order valence-electron chi connectivity index (χ4n) is 2.71. The third-order valence-corrected chi connectivity index (χ3v) is 5.92. The number of oxime groups is 1. The van der Waals surface area contributed by atoms with Crippen LogP contribution in [0.5, 0.6) is 0 Å².